The van der Waals surface area contributed by atoms with Gasteiger partial charge in [-0.25, -0.2) is 0 Å². The van der Waals surface area contributed by atoms with Gasteiger partial charge in [-0.3, -0.25) is 10.1 Å². The topological polar surface area (TPSA) is 85.6 Å². The van der Waals surface area contributed by atoms with Gasteiger partial charge in [0.05, 0.1) is 5.75 Å². The first-order chi connectivity index (χ1) is 12.7. The van der Waals surface area contributed by atoms with E-state index in [1.54, 1.807) is 0 Å². The quantitative estimate of drug-likeness (QED) is 0.595. The zero-order valence-electron chi connectivity index (χ0n) is 14.7. The minimum Gasteiger partial charge on any atom is -0.302 e. The van der Waals surface area contributed by atoms with E-state index in [0.717, 1.165) is 40.9 Å². The molecule has 9 heteroatoms. The van der Waals surface area contributed by atoms with Crippen LogP contribution in [-0.4, -0.2) is 36.6 Å². The van der Waals surface area contributed by atoms with E-state index >= 15 is 0 Å². The summed E-state index contributed by atoms with van der Waals surface area (Å²) in [6, 6.07) is 9.91. The number of nitrogens with zero attached hydrogens (tertiary/aromatic N) is 5. The van der Waals surface area contributed by atoms with E-state index in [0.29, 0.717) is 5.13 Å². The third kappa shape index (κ3) is 4.47. The Morgan fingerprint density at radius 1 is 1.15 bits per heavy atom. The smallest absolute Gasteiger partial charge is 0.236 e. The fourth-order valence-electron chi connectivity index (χ4n) is 2.39. The molecule has 0 radical (unpaired) electrons. The van der Waals surface area contributed by atoms with Gasteiger partial charge in [-0.2, -0.15) is 0 Å². The van der Waals surface area contributed by atoms with Gasteiger partial charge in [0.2, 0.25) is 11.0 Å². The molecule has 0 aliphatic carbocycles. The predicted octanol–water partition coefficient (Wildman–Crippen LogP) is 3.50. The van der Waals surface area contributed by atoms with Crippen molar-refractivity contribution in [3.8, 4) is 11.4 Å². The molecule has 3 rings (SSSR count). The molecule has 0 atom stereocenters. The fraction of sp³-hybridized carbons (Fsp3) is 0.353. The number of carbonyl (C=O) groups is 1. The van der Waals surface area contributed by atoms with Crippen LogP contribution in [0.4, 0.5) is 5.13 Å². The molecule has 0 unspecified atom stereocenters. The Bertz CT molecular complexity index is 861. The lowest BCUT2D eigenvalue weighted by Gasteiger charge is -2.07. The lowest BCUT2D eigenvalue weighted by atomic mass is 10.2. The van der Waals surface area contributed by atoms with Crippen LogP contribution >= 0.6 is 23.1 Å². The summed E-state index contributed by atoms with van der Waals surface area (Å²) in [5, 5.41) is 21.6. The molecule has 1 aromatic carbocycles. The number of hydrogen-bond acceptors (Lipinski definition) is 7. The summed E-state index contributed by atoms with van der Waals surface area (Å²) < 4.78 is 2.01. The van der Waals surface area contributed by atoms with Gasteiger partial charge in [0.25, 0.3) is 0 Å². The summed E-state index contributed by atoms with van der Waals surface area (Å²) in [6.07, 6.45) is 1.89. The zero-order valence-corrected chi connectivity index (χ0v) is 16.3. The van der Waals surface area contributed by atoms with E-state index in [1.165, 1.54) is 23.1 Å². The molecule has 0 spiro atoms. The number of benzene rings is 1. The molecular formula is C17H20N6OS2. The summed E-state index contributed by atoms with van der Waals surface area (Å²) >= 11 is 2.79. The van der Waals surface area contributed by atoms with E-state index in [9.17, 15) is 4.79 Å². The third-order valence-corrected chi connectivity index (χ3v) is 5.44. The first kappa shape index (κ1) is 18.5. The Hall–Kier alpha value is -2.26. The van der Waals surface area contributed by atoms with Crippen LogP contribution in [0.25, 0.3) is 11.4 Å². The number of carbonyl (C=O) groups excluding carboxylic acids is 1. The van der Waals surface area contributed by atoms with Crippen LogP contribution in [0.15, 0.2) is 35.5 Å². The van der Waals surface area contributed by atoms with Gasteiger partial charge in [0.15, 0.2) is 11.0 Å². The van der Waals surface area contributed by atoms with E-state index in [2.05, 4.69) is 32.6 Å². The third-order valence-electron chi connectivity index (χ3n) is 3.57. The molecule has 136 valence electrons. The van der Waals surface area contributed by atoms with Crippen LogP contribution in [0.3, 0.4) is 0 Å². The summed E-state index contributed by atoms with van der Waals surface area (Å²) in [5.74, 6) is 0.931. The molecule has 2 heterocycles. The van der Waals surface area contributed by atoms with E-state index in [-0.39, 0.29) is 11.7 Å². The Balaban J connectivity index is 1.62. The summed E-state index contributed by atoms with van der Waals surface area (Å²) in [6.45, 7) is 4.86. The van der Waals surface area contributed by atoms with E-state index in [4.69, 9.17) is 0 Å². The van der Waals surface area contributed by atoms with Crippen molar-refractivity contribution in [1.29, 1.82) is 0 Å². The van der Waals surface area contributed by atoms with Crippen molar-refractivity contribution in [2.45, 2.75) is 38.4 Å². The maximum atomic E-state index is 12.2. The Morgan fingerprint density at radius 3 is 2.69 bits per heavy atom. The van der Waals surface area contributed by atoms with Crippen molar-refractivity contribution < 1.29 is 4.79 Å². The van der Waals surface area contributed by atoms with Crippen molar-refractivity contribution >= 4 is 34.1 Å². The molecule has 0 saturated heterocycles. The minimum absolute atomic E-state index is 0.124. The zero-order chi connectivity index (χ0) is 18.4. The number of aryl methyl sites for hydroxylation is 1. The Morgan fingerprint density at radius 2 is 1.96 bits per heavy atom. The number of hydrogen-bond donors (Lipinski definition) is 1. The van der Waals surface area contributed by atoms with Crippen LogP contribution in [0.5, 0.6) is 0 Å². The first-order valence-corrected chi connectivity index (χ1v) is 10.2. The highest BCUT2D eigenvalue weighted by Crippen LogP contribution is 2.24. The largest absolute Gasteiger partial charge is 0.302 e. The van der Waals surface area contributed by atoms with Crippen molar-refractivity contribution in [3.05, 3.63) is 35.3 Å². The minimum atomic E-state index is -0.124. The highest BCUT2D eigenvalue weighted by molar-refractivity contribution is 7.99. The van der Waals surface area contributed by atoms with Crippen molar-refractivity contribution in [3.63, 3.8) is 0 Å². The van der Waals surface area contributed by atoms with Crippen molar-refractivity contribution in [2.24, 2.45) is 0 Å². The molecule has 2 aromatic heterocycles. The number of aromatic nitrogens is 5. The normalized spacial score (nSPS) is 10.8. The van der Waals surface area contributed by atoms with Crippen LogP contribution < -0.4 is 5.32 Å². The maximum absolute atomic E-state index is 12.2. The number of anilines is 1. The molecular weight excluding hydrogens is 368 g/mol. The van der Waals surface area contributed by atoms with Gasteiger partial charge < -0.3 is 4.57 Å². The SMILES string of the molecule is CCCc1nnc(NC(=O)CSc2nnc(-c3ccccc3)n2CC)s1. The van der Waals surface area contributed by atoms with Gasteiger partial charge in [-0.15, -0.1) is 20.4 Å². The molecule has 1 amide bonds. The monoisotopic (exact) mass is 388 g/mol. The lowest BCUT2D eigenvalue weighted by molar-refractivity contribution is -0.113. The highest BCUT2D eigenvalue weighted by Gasteiger charge is 2.15. The van der Waals surface area contributed by atoms with Gasteiger partial charge >= 0.3 is 0 Å². The second-order valence-corrected chi connectivity index (χ2v) is 7.51. The van der Waals surface area contributed by atoms with Crippen molar-refractivity contribution in [2.75, 3.05) is 11.1 Å². The van der Waals surface area contributed by atoms with Crippen molar-refractivity contribution in [1.82, 2.24) is 25.0 Å². The first-order valence-electron chi connectivity index (χ1n) is 8.45. The molecule has 26 heavy (non-hydrogen) atoms. The number of amides is 1. The van der Waals surface area contributed by atoms with Gasteiger partial charge in [0, 0.05) is 18.5 Å². The predicted molar refractivity (Wildman–Crippen MR) is 104 cm³/mol. The van der Waals surface area contributed by atoms with Gasteiger partial charge in [0.1, 0.15) is 5.01 Å². The summed E-state index contributed by atoms with van der Waals surface area (Å²) in [4.78, 5) is 12.2. The van der Waals surface area contributed by atoms with Crippen LogP contribution in [0.2, 0.25) is 0 Å². The summed E-state index contributed by atoms with van der Waals surface area (Å²) in [5.41, 5.74) is 1.01. The molecule has 0 aliphatic rings. The lowest BCUT2D eigenvalue weighted by Crippen LogP contribution is -2.14. The fourth-order valence-corrected chi connectivity index (χ4v) is 4.05. The van der Waals surface area contributed by atoms with Crippen LogP contribution in [-0.2, 0) is 17.8 Å². The van der Waals surface area contributed by atoms with Crippen LogP contribution in [0.1, 0.15) is 25.3 Å². The molecule has 0 fully saturated rings. The highest BCUT2D eigenvalue weighted by atomic mass is 32.2. The van der Waals surface area contributed by atoms with E-state index < -0.39 is 0 Å². The molecule has 0 aliphatic heterocycles. The van der Waals surface area contributed by atoms with Crippen LogP contribution in [0, 0.1) is 0 Å². The number of rotatable bonds is 8. The standard InChI is InChI=1S/C17H20N6OS2/c1-3-8-14-19-21-16(26-14)18-13(24)11-25-17-22-20-15(23(17)4-2)12-9-6-5-7-10-12/h5-7,9-10H,3-4,8,11H2,1-2H3,(H,18,21,24). The molecule has 3 aromatic rings. The Kier molecular flexibility index (Phi) is 6.35. The molecule has 0 bridgehead atoms. The number of nitrogens with one attached hydrogen (secondary N) is 1. The maximum Gasteiger partial charge on any atom is 0.236 e. The molecule has 1 N–H and O–H groups in total. The van der Waals surface area contributed by atoms with Gasteiger partial charge in [-0.05, 0) is 13.3 Å². The molecule has 7 nitrogen and oxygen atoms in total. The summed E-state index contributed by atoms with van der Waals surface area (Å²) in [7, 11) is 0. The van der Waals surface area contributed by atoms with E-state index in [1.807, 2.05) is 41.8 Å². The Labute approximate surface area is 160 Å². The molecule has 0 saturated carbocycles. The average molecular weight is 389 g/mol. The number of thioether (sulfide) groups is 1. The second-order valence-electron chi connectivity index (χ2n) is 5.50. The van der Waals surface area contributed by atoms with Gasteiger partial charge in [-0.1, -0.05) is 60.4 Å². The average Bonchev–Trinajstić information content (AvgIpc) is 3.27. The second kappa shape index (κ2) is 8.91.